The zero-order valence-corrected chi connectivity index (χ0v) is 9.16. The Morgan fingerprint density at radius 2 is 1.87 bits per heavy atom. The zero-order chi connectivity index (χ0) is 11.1. The molecule has 6 heteroatoms. The molecule has 15 heavy (non-hydrogen) atoms. The highest BCUT2D eigenvalue weighted by molar-refractivity contribution is 7.84. The first-order valence-electron chi connectivity index (χ1n) is 4.40. The maximum absolute atomic E-state index is 10.8. The van der Waals surface area contributed by atoms with E-state index < -0.39 is 10.3 Å². The molecule has 1 aromatic rings. The summed E-state index contributed by atoms with van der Waals surface area (Å²) in [5.74, 6) is 0.683. The lowest BCUT2D eigenvalue weighted by atomic mass is 10.3. The summed E-state index contributed by atoms with van der Waals surface area (Å²) in [4.78, 5) is 0. The van der Waals surface area contributed by atoms with Crippen LogP contribution in [0.5, 0.6) is 5.75 Å². The van der Waals surface area contributed by atoms with E-state index >= 15 is 0 Å². The topological polar surface area (TPSA) is 64.6 Å². The van der Waals surface area contributed by atoms with E-state index in [1.54, 1.807) is 12.1 Å². The van der Waals surface area contributed by atoms with Gasteiger partial charge in [0.05, 0.1) is 0 Å². The van der Waals surface area contributed by atoms with Gasteiger partial charge in [-0.05, 0) is 12.1 Å². The summed E-state index contributed by atoms with van der Waals surface area (Å²) in [6.45, 7) is 0.170. The van der Waals surface area contributed by atoms with Crippen LogP contribution in [-0.2, 0) is 14.5 Å². The Hall–Kier alpha value is -1.11. The van der Waals surface area contributed by atoms with Crippen LogP contribution >= 0.6 is 0 Å². The van der Waals surface area contributed by atoms with Gasteiger partial charge in [0.1, 0.15) is 19.0 Å². The molecule has 0 unspecified atom stereocenters. The Morgan fingerprint density at radius 3 is 2.47 bits per heavy atom. The molecule has 1 aromatic carbocycles. The normalized spacial score (nSPS) is 11.3. The first-order chi connectivity index (χ1) is 7.14. The van der Waals surface area contributed by atoms with Gasteiger partial charge in [-0.15, -0.1) is 0 Å². The van der Waals surface area contributed by atoms with E-state index in [4.69, 9.17) is 4.74 Å². The van der Waals surface area contributed by atoms with Crippen LogP contribution in [0.25, 0.3) is 0 Å². The fourth-order valence-electron chi connectivity index (χ4n) is 0.879. The molecule has 0 radical (unpaired) electrons. The van der Waals surface area contributed by atoms with Crippen molar-refractivity contribution in [3.8, 4) is 5.75 Å². The van der Waals surface area contributed by atoms with E-state index in [0.717, 1.165) is 0 Å². The van der Waals surface area contributed by atoms with E-state index in [2.05, 4.69) is 4.18 Å². The van der Waals surface area contributed by atoms with Gasteiger partial charge < -0.3 is 4.74 Å². The number of nitrogens with one attached hydrogen (secondary N) is 1. The minimum Gasteiger partial charge on any atom is -0.491 e. The maximum atomic E-state index is 10.8. The predicted octanol–water partition coefficient (Wildman–Crippen LogP) is 0.546. The zero-order valence-electron chi connectivity index (χ0n) is 8.34. The third-order valence-electron chi connectivity index (χ3n) is 1.58. The molecular weight excluding hydrogens is 218 g/mol. The lowest BCUT2D eigenvalue weighted by molar-refractivity contribution is 0.219. The SMILES string of the molecule is CNS(=O)(=O)OCCOc1ccccc1. The van der Waals surface area contributed by atoms with Gasteiger partial charge >= 0.3 is 10.3 Å². The summed E-state index contributed by atoms with van der Waals surface area (Å²) in [5.41, 5.74) is 0. The molecule has 0 spiro atoms. The minimum atomic E-state index is -3.60. The molecular formula is C9H13NO4S. The van der Waals surface area contributed by atoms with Crippen molar-refractivity contribution in [3.05, 3.63) is 30.3 Å². The van der Waals surface area contributed by atoms with Gasteiger partial charge in [-0.1, -0.05) is 18.2 Å². The van der Waals surface area contributed by atoms with Gasteiger partial charge in [0, 0.05) is 7.05 Å². The molecule has 0 atom stereocenters. The molecule has 0 heterocycles. The van der Waals surface area contributed by atoms with Crippen LogP contribution in [0.2, 0.25) is 0 Å². The van der Waals surface area contributed by atoms with E-state index in [-0.39, 0.29) is 13.2 Å². The van der Waals surface area contributed by atoms with Crippen molar-refractivity contribution in [2.75, 3.05) is 20.3 Å². The Morgan fingerprint density at radius 1 is 1.20 bits per heavy atom. The summed E-state index contributed by atoms with van der Waals surface area (Å²) in [6.07, 6.45) is 0. The lowest BCUT2D eigenvalue weighted by Crippen LogP contribution is -2.23. The van der Waals surface area contributed by atoms with Crippen LogP contribution in [0, 0.1) is 0 Å². The van der Waals surface area contributed by atoms with Crippen LogP contribution in [0.15, 0.2) is 30.3 Å². The van der Waals surface area contributed by atoms with Gasteiger partial charge in [-0.2, -0.15) is 13.1 Å². The minimum absolute atomic E-state index is 0.0158. The average molecular weight is 231 g/mol. The first-order valence-corrected chi connectivity index (χ1v) is 5.80. The third-order valence-corrected chi connectivity index (χ3v) is 2.56. The molecule has 0 bridgehead atoms. The molecule has 1 rings (SSSR count). The Kier molecular flexibility index (Phi) is 4.54. The summed E-state index contributed by atoms with van der Waals surface area (Å²) >= 11 is 0. The molecule has 0 saturated carbocycles. The van der Waals surface area contributed by atoms with E-state index in [0.29, 0.717) is 5.75 Å². The lowest BCUT2D eigenvalue weighted by Gasteiger charge is -2.06. The van der Waals surface area contributed by atoms with E-state index in [1.165, 1.54) is 7.05 Å². The fourth-order valence-corrected chi connectivity index (χ4v) is 1.28. The smallest absolute Gasteiger partial charge is 0.335 e. The van der Waals surface area contributed by atoms with Crippen molar-refractivity contribution in [1.82, 2.24) is 4.72 Å². The number of hydrogen-bond acceptors (Lipinski definition) is 4. The van der Waals surface area contributed by atoms with Crippen molar-refractivity contribution in [1.29, 1.82) is 0 Å². The molecule has 0 aliphatic carbocycles. The second-order valence-corrected chi connectivity index (χ2v) is 4.19. The highest BCUT2D eigenvalue weighted by Crippen LogP contribution is 2.07. The molecule has 0 fully saturated rings. The largest absolute Gasteiger partial charge is 0.491 e. The molecule has 0 aliphatic rings. The van der Waals surface area contributed by atoms with Crippen LogP contribution in [0.4, 0.5) is 0 Å². The van der Waals surface area contributed by atoms with Gasteiger partial charge in [0.25, 0.3) is 0 Å². The van der Waals surface area contributed by atoms with E-state index in [9.17, 15) is 8.42 Å². The average Bonchev–Trinajstić information content (AvgIpc) is 2.26. The number of benzene rings is 1. The first kappa shape index (κ1) is 12.0. The second kappa shape index (κ2) is 5.69. The summed E-state index contributed by atoms with van der Waals surface area (Å²) in [7, 11) is -2.32. The van der Waals surface area contributed by atoms with Crippen molar-refractivity contribution < 1.29 is 17.3 Å². The van der Waals surface area contributed by atoms with Crippen LogP contribution in [0.1, 0.15) is 0 Å². The van der Waals surface area contributed by atoms with E-state index in [1.807, 2.05) is 22.9 Å². The van der Waals surface area contributed by atoms with Gasteiger partial charge in [0.2, 0.25) is 0 Å². The van der Waals surface area contributed by atoms with Crippen LogP contribution in [-0.4, -0.2) is 28.7 Å². The maximum Gasteiger partial charge on any atom is 0.335 e. The standard InChI is InChI=1S/C9H13NO4S/c1-10-15(11,12)14-8-7-13-9-5-3-2-4-6-9/h2-6,10H,7-8H2,1H3. The third kappa shape index (κ3) is 4.78. The van der Waals surface area contributed by atoms with Crippen molar-refractivity contribution in [2.45, 2.75) is 0 Å². The Balaban J connectivity index is 2.24. The summed E-state index contributed by atoms with van der Waals surface area (Å²) in [5, 5.41) is 0. The summed E-state index contributed by atoms with van der Waals surface area (Å²) < 4.78 is 33.4. The molecule has 5 nitrogen and oxygen atoms in total. The number of hydrogen-bond donors (Lipinski definition) is 1. The molecule has 84 valence electrons. The molecule has 0 aromatic heterocycles. The second-order valence-electron chi connectivity index (χ2n) is 2.64. The Labute approximate surface area is 89.3 Å². The highest BCUT2D eigenvalue weighted by atomic mass is 32.2. The Bertz CT molecular complexity index is 376. The fraction of sp³-hybridized carbons (Fsp3) is 0.333. The number of rotatable bonds is 6. The molecule has 0 aliphatic heterocycles. The number of para-hydroxylation sites is 1. The van der Waals surface area contributed by atoms with Gasteiger partial charge in [-0.3, -0.25) is 4.18 Å². The van der Waals surface area contributed by atoms with Crippen LogP contribution < -0.4 is 9.46 Å². The predicted molar refractivity (Wildman–Crippen MR) is 55.9 cm³/mol. The molecule has 0 amide bonds. The highest BCUT2D eigenvalue weighted by Gasteiger charge is 2.05. The van der Waals surface area contributed by atoms with Gasteiger partial charge in [0.15, 0.2) is 0 Å². The molecule has 0 saturated heterocycles. The van der Waals surface area contributed by atoms with Gasteiger partial charge in [-0.25, -0.2) is 0 Å². The van der Waals surface area contributed by atoms with Crippen molar-refractivity contribution in [3.63, 3.8) is 0 Å². The quantitative estimate of drug-likeness (QED) is 0.726. The molecule has 1 N–H and O–H groups in total. The monoisotopic (exact) mass is 231 g/mol. The van der Waals surface area contributed by atoms with Crippen molar-refractivity contribution >= 4 is 10.3 Å². The van der Waals surface area contributed by atoms with Crippen LogP contribution in [0.3, 0.4) is 0 Å². The summed E-state index contributed by atoms with van der Waals surface area (Å²) in [6, 6.07) is 9.11. The van der Waals surface area contributed by atoms with Crippen molar-refractivity contribution in [2.24, 2.45) is 0 Å². The number of ether oxygens (including phenoxy) is 1.